The summed E-state index contributed by atoms with van der Waals surface area (Å²) in [4.78, 5) is 12.3. The van der Waals surface area contributed by atoms with Crippen LogP contribution in [0.2, 0.25) is 0 Å². The van der Waals surface area contributed by atoms with Crippen LogP contribution in [0.5, 0.6) is 0 Å². The lowest BCUT2D eigenvalue weighted by Gasteiger charge is -2.12. The topological polar surface area (TPSA) is 75.3 Å². The summed E-state index contributed by atoms with van der Waals surface area (Å²) in [5.74, 6) is -0.114. The van der Waals surface area contributed by atoms with E-state index in [1.54, 1.807) is 24.3 Å². The van der Waals surface area contributed by atoms with Gasteiger partial charge in [-0.2, -0.15) is 0 Å². The molecule has 1 fully saturated rings. The van der Waals surface area contributed by atoms with E-state index in [0.717, 1.165) is 36.9 Å². The van der Waals surface area contributed by atoms with Gasteiger partial charge in [0.05, 0.1) is 16.7 Å². The smallest absolute Gasteiger partial charge is 0.239 e. The predicted molar refractivity (Wildman–Crippen MR) is 103 cm³/mol. The molecule has 0 saturated heterocycles. The van der Waals surface area contributed by atoms with Crippen LogP contribution in [0.4, 0.5) is 5.69 Å². The maximum absolute atomic E-state index is 12.5. The molecule has 2 N–H and O–H groups in total. The summed E-state index contributed by atoms with van der Waals surface area (Å²) in [6, 6.07) is 16.4. The molecular weight excluding hydrogens is 348 g/mol. The van der Waals surface area contributed by atoms with E-state index in [4.69, 9.17) is 0 Å². The number of anilines is 1. The van der Waals surface area contributed by atoms with Gasteiger partial charge in [0.1, 0.15) is 0 Å². The van der Waals surface area contributed by atoms with E-state index in [1.807, 2.05) is 30.3 Å². The zero-order valence-electron chi connectivity index (χ0n) is 14.6. The van der Waals surface area contributed by atoms with Gasteiger partial charge in [-0.25, -0.2) is 8.42 Å². The van der Waals surface area contributed by atoms with Crippen LogP contribution in [-0.4, -0.2) is 26.1 Å². The first-order valence-electron chi connectivity index (χ1n) is 8.94. The van der Waals surface area contributed by atoms with Crippen LogP contribution in [-0.2, 0) is 21.2 Å². The van der Waals surface area contributed by atoms with Crippen molar-refractivity contribution < 1.29 is 13.2 Å². The van der Waals surface area contributed by atoms with Gasteiger partial charge < -0.3 is 10.6 Å². The molecule has 0 bridgehead atoms. The number of carbonyl (C=O) groups excluding carboxylic acids is 1. The second-order valence-electron chi connectivity index (χ2n) is 6.59. The van der Waals surface area contributed by atoms with E-state index in [9.17, 15) is 13.2 Å². The van der Waals surface area contributed by atoms with Crippen molar-refractivity contribution in [3.05, 3.63) is 60.2 Å². The molecule has 6 heteroatoms. The average molecular weight is 372 g/mol. The van der Waals surface area contributed by atoms with Crippen molar-refractivity contribution in [1.29, 1.82) is 0 Å². The maximum Gasteiger partial charge on any atom is 0.239 e. The minimum atomic E-state index is -3.23. The summed E-state index contributed by atoms with van der Waals surface area (Å²) in [6.45, 7) is 0.626. The van der Waals surface area contributed by atoms with Gasteiger partial charge in [-0.05, 0) is 42.7 Å². The summed E-state index contributed by atoms with van der Waals surface area (Å²) in [5, 5.41) is 5.62. The lowest BCUT2D eigenvalue weighted by molar-refractivity contribution is -0.119. The third-order valence-corrected chi connectivity index (χ3v) is 6.99. The summed E-state index contributed by atoms with van der Waals surface area (Å²) in [5.41, 5.74) is 1.77. The van der Waals surface area contributed by atoms with Crippen molar-refractivity contribution in [1.82, 2.24) is 5.32 Å². The van der Waals surface area contributed by atoms with Crippen molar-refractivity contribution in [3.8, 4) is 0 Å². The van der Waals surface area contributed by atoms with E-state index in [-0.39, 0.29) is 17.7 Å². The molecule has 1 saturated carbocycles. The fourth-order valence-corrected chi connectivity index (χ4v) is 5.05. The largest absolute Gasteiger partial charge is 0.376 e. The quantitative estimate of drug-likeness (QED) is 0.783. The third-order valence-electron chi connectivity index (χ3n) is 4.71. The Labute approximate surface area is 154 Å². The van der Waals surface area contributed by atoms with Crippen LogP contribution >= 0.6 is 0 Å². The molecule has 0 spiro atoms. The van der Waals surface area contributed by atoms with Crippen molar-refractivity contribution in [3.63, 3.8) is 0 Å². The van der Waals surface area contributed by atoms with Crippen molar-refractivity contribution in [2.24, 2.45) is 0 Å². The first kappa shape index (κ1) is 18.5. The molecule has 5 nitrogen and oxygen atoms in total. The van der Waals surface area contributed by atoms with Gasteiger partial charge in [-0.15, -0.1) is 0 Å². The lowest BCUT2D eigenvalue weighted by atomic mass is 10.2. The predicted octanol–water partition coefficient (Wildman–Crippen LogP) is 3.13. The fourth-order valence-electron chi connectivity index (χ4n) is 3.19. The van der Waals surface area contributed by atoms with E-state index >= 15 is 0 Å². The van der Waals surface area contributed by atoms with Gasteiger partial charge in [0.2, 0.25) is 5.91 Å². The number of carbonyl (C=O) groups is 1. The minimum Gasteiger partial charge on any atom is -0.376 e. The molecule has 0 aliphatic heterocycles. The highest BCUT2D eigenvalue weighted by molar-refractivity contribution is 7.92. The highest BCUT2D eigenvalue weighted by atomic mass is 32.2. The van der Waals surface area contributed by atoms with E-state index in [1.165, 1.54) is 0 Å². The number of hydrogen-bond donors (Lipinski definition) is 2. The molecule has 0 heterocycles. The SMILES string of the molecule is O=C(CNc1ccc(S(=O)(=O)C2CCCC2)cc1)NCc1ccccc1. The molecule has 138 valence electrons. The highest BCUT2D eigenvalue weighted by Gasteiger charge is 2.29. The molecule has 0 atom stereocenters. The summed E-state index contributed by atoms with van der Waals surface area (Å²) in [6.07, 6.45) is 3.48. The fraction of sp³-hybridized carbons (Fsp3) is 0.350. The molecule has 1 aliphatic rings. The van der Waals surface area contributed by atoms with Crippen LogP contribution in [0.15, 0.2) is 59.5 Å². The van der Waals surface area contributed by atoms with Crippen LogP contribution in [0.1, 0.15) is 31.2 Å². The molecule has 0 radical (unpaired) electrons. The van der Waals surface area contributed by atoms with Gasteiger partial charge in [-0.3, -0.25) is 4.79 Å². The Hall–Kier alpha value is -2.34. The Balaban J connectivity index is 1.50. The van der Waals surface area contributed by atoms with Crippen LogP contribution < -0.4 is 10.6 Å². The van der Waals surface area contributed by atoms with Gasteiger partial charge in [0, 0.05) is 12.2 Å². The first-order chi connectivity index (χ1) is 12.6. The molecule has 3 rings (SSSR count). The molecule has 2 aromatic rings. The zero-order chi connectivity index (χ0) is 18.4. The highest BCUT2D eigenvalue weighted by Crippen LogP contribution is 2.29. The van der Waals surface area contributed by atoms with Gasteiger partial charge in [0.25, 0.3) is 0 Å². The second-order valence-corrected chi connectivity index (χ2v) is 8.82. The molecule has 26 heavy (non-hydrogen) atoms. The Bertz CT molecular complexity index is 827. The number of nitrogens with one attached hydrogen (secondary N) is 2. The Morgan fingerprint density at radius 3 is 2.27 bits per heavy atom. The first-order valence-corrected chi connectivity index (χ1v) is 10.5. The standard InChI is InChI=1S/C20H24N2O3S/c23-20(22-14-16-6-2-1-3-7-16)15-21-17-10-12-19(13-11-17)26(24,25)18-8-4-5-9-18/h1-3,6-7,10-13,18,21H,4-5,8-9,14-15H2,(H,22,23). The van der Waals surface area contributed by atoms with Gasteiger partial charge >= 0.3 is 0 Å². The molecule has 2 aromatic carbocycles. The van der Waals surface area contributed by atoms with Gasteiger partial charge in [-0.1, -0.05) is 43.2 Å². The van der Waals surface area contributed by atoms with Crippen molar-refractivity contribution in [2.45, 2.75) is 42.4 Å². The molecule has 0 unspecified atom stereocenters. The summed E-state index contributed by atoms with van der Waals surface area (Å²) in [7, 11) is -3.23. The monoisotopic (exact) mass is 372 g/mol. The number of rotatable bonds is 7. The number of hydrogen-bond acceptors (Lipinski definition) is 4. The third kappa shape index (κ3) is 4.64. The average Bonchev–Trinajstić information content (AvgIpc) is 3.21. The number of sulfone groups is 1. The Morgan fingerprint density at radius 2 is 1.62 bits per heavy atom. The van der Waals surface area contributed by atoms with E-state index in [2.05, 4.69) is 10.6 Å². The second kappa shape index (κ2) is 8.36. The molecule has 1 amide bonds. The Kier molecular flexibility index (Phi) is 5.93. The van der Waals surface area contributed by atoms with Gasteiger partial charge in [0.15, 0.2) is 9.84 Å². The molecular formula is C20H24N2O3S. The zero-order valence-corrected chi connectivity index (χ0v) is 15.5. The lowest BCUT2D eigenvalue weighted by Crippen LogP contribution is -2.29. The molecule has 1 aliphatic carbocycles. The Morgan fingerprint density at radius 1 is 0.962 bits per heavy atom. The van der Waals surface area contributed by atoms with Crippen molar-refractivity contribution in [2.75, 3.05) is 11.9 Å². The van der Waals surface area contributed by atoms with Crippen molar-refractivity contribution >= 4 is 21.4 Å². The van der Waals surface area contributed by atoms with Crippen LogP contribution in [0.25, 0.3) is 0 Å². The van der Waals surface area contributed by atoms with E-state index < -0.39 is 9.84 Å². The van der Waals surface area contributed by atoms with Crippen LogP contribution in [0.3, 0.4) is 0 Å². The normalized spacial score (nSPS) is 14.9. The number of amides is 1. The number of benzene rings is 2. The maximum atomic E-state index is 12.5. The summed E-state index contributed by atoms with van der Waals surface area (Å²) < 4.78 is 25.1. The molecule has 0 aromatic heterocycles. The summed E-state index contributed by atoms with van der Waals surface area (Å²) >= 11 is 0. The van der Waals surface area contributed by atoms with Crippen LogP contribution in [0, 0.1) is 0 Å². The van der Waals surface area contributed by atoms with E-state index in [0.29, 0.717) is 11.4 Å². The minimum absolute atomic E-state index is 0.114.